The Kier molecular flexibility index (Phi) is 6.70. The van der Waals surface area contributed by atoms with Gasteiger partial charge in [-0.05, 0) is 42.0 Å². The summed E-state index contributed by atoms with van der Waals surface area (Å²) in [5.41, 5.74) is -0.0770. The van der Waals surface area contributed by atoms with Gasteiger partial charge in [-0.15, -0.1) is 0 Å². The Balaban J connectivity index is 1.74. The Labute approximate surface area is 184 Å². The summed E-state index contributed by atoms with van der Waals surface area (Å²) in [4.78, 5) is 12.7. The molecule has 0 saturated heterocycles. The number of ether oxygens (including phenoxy) is 2. The van der Waals surface area contributed by atoms with E-state index in [1.165, 1.54) is 18.2 Å². The SMILES string of the molecule is CC1(C)C(C=C(Cl)Cl)CC1C(=O)OC(C#N)c1ccc(F)c(Oc2ccccc2)c1. The van der Waals surface area contributed by atoms with Crippen LogP contribution in [0.1, 0.15) is 31.9 Å². The van der Waals surface area contributed by atoms with Crippen LogP contribution in [0.3, 0.4) is 0 Å². The predicted molar refractivity (Wildman–Crippen MR) is 113 cm³/mol. The van der Waals surface area contributed by atoms with Crippen LogP contribution in [-0.4, -0.2) is 5.97 Å². The highest BCUT2D eigenvalue weighted by atomic mass is 35.5. The molecule has 1 saturated carbocycles. The molecule has 4 nitrogen and oxygen atoms in total. The number of rotatable bonds is 6. The second-order valence-corrected chi connectivity index (χ2v) is 8.73. The molecule has 3 atom stereocenters. The quantitative estimate of drug-likeness (QED) is 0.461. The zero-order valence-electron chi connectivity index (χ0n) is 16.4. The molecular formula is C23H20Cl2FNO3. The fourth-order valence-electron chi connectivity index (χ4n) is 3.54. The number of carbonyl (C=O) groups excluding carboxylic acids is 1. The molecule has 0 aromatic heterocycles. The summed E-state index contributed by atoms with van der Waals surface area (Å²) in [6, 6.07) is 14.6. The highest BCUT2D eigenvalue weighted by Crippen LogP contribution is 2.53. The highest BCUT2D eigenvalue weighted by Gasteiger charge is 2.52. The maximum Gasteiger partial charge on any atom is 0.311 e. The van der Waals surface area contributed by atoms with Crippen LogP contribution in [-0.2, 0) is 9.53 Å². The van der Waals surface area contributed by atoms with E-state index in [9.17, 15) is 14.4 Å². The Morgan fingerprint density at radius 2 is 1.97 bits per heavy atom. The molecule has 0 amide bonds. The fraction of sp³-hybridized carbons (Fsp3) is 0.304. The average molecular weight is 448 g/mol. The van der Waals surface area contributed by atoms with Crippen LogP contribution in [0, 0.1) is 34.4 Å². The number of hydrogen-bond acceptors (Lipinski definition) is 4. The van der Waals surface area contributed by atoms with Crippen LogP contribution in [0.25, 0.3) is 0 Å². The van der Waals surface area contributed by atoms with E-state index >= 15 is 0 Å². The van der Waals surface area contributed by atoms with Crippen molar-refractivity contribution in [1.82, 2.24) is 0 Å². The zero-order valence-corrected chi connectivity index (χ0v) is 18.0. The van der Waals surface area contributed by atoms with E-state index in [0.29, 0.717) is 17.7 Å². The first-order valence-electron chi connectivity index (χ1n) is 9.37. The van der Waals surface area contributed by atoms with Crippen LogP contribution in [0.4, 0.5) is 4.39 Å². The molecule has 0 N–H and O–H groups in total. The maximum atomic E-state index is 14.2. The van der Waals surface area contributed by atoms with Crippen molar-refractivity contribution in [3.8, 4) is 17.6 Å². The average Bonchev–Trinajstić information content (AvgIpc) is 2.71. The number of nitrogens with zero attached hydrogens (tertiary/aromatic N) is 1. The van der Waals surface area contributed by atoms with Crippen LogP contribution in [0.15, 0.2) is 59.1 Å². The first kappa shape index (κ1) is 22.1. The van der Waals surface area contributed by atoms with Crippen molar-refractivity contribution in [3.63, 3.8) is 0 Å². The van der Waals surface area contributed by atoms with Gasteiger partial charge < -0.3 is 9.47 Å². The van der Waals surface area contributed by atoms with Gasteiger partial charge >= 0.3 is 5.97 Å². The lowest BCUT2D eigenvalue weighted by Crippen LogP contribution is -2.48. The highest BCUT2D eigenvalue weighted by molar-refractivity contribution is 6.55. The van der Waals surface area contributed by atoms with Crippen LogP contribution < -0.4 is 4.74 Å². The van der Waals surface area contributed by atoms with Crippen LogP contribution >= 0.6 is 23.2 Å². The van der Waals surface area contributed by atoms with Crippen LogP contribution in [0.2, 0.25) is 0 Å². The molecule has 3 unspecified atom stereocenters. The number of esters is 1. The van der Waals surface area contributed by atoms with Gasteiger partial charge in [0.1, 0.15) is 16.3 Å². The van der Waals surface area contributed by atoms with E-state index in [2.05, 4.69) is 0 Å². The number of nitriles is 1. The van der Waals surface area contributed by atoms with E-state index in [1.54, 1.807) is 30.3 Å². The Morgan fingerprint density at radius 3 is 2.57 bits per heavy atom. The zero-order chi connectivity index (χ0) is 21.9. The molecule has 0 heterocycles. The summed E-state index contributed by atoms with van der Waals surface area (Å²) in [5.74, 6) is -1.04. The van der Waals surface area contributed by atoms with E-state index in [-0.39, 0.29) is 16.2 Å². The number of hydrogen-bond donors (Lipinski definition) is 0. The molecule has 1 aliphatic carbocycles. The minimum absolute atomic E-state index is 0.0391. The second-order valence-electron chi connectivity index (χ2n) is 7.72. The molecule has 0 spiro atoms. The summed E-state index contributed by atoms with van der Waals surface area (Å²) in [5, 5.41) is 9.55. The largest absolute Gasteiger partial charge is 0.454 e. The molecule has 156 valence electrons. The van der Waals surface area contributed by atoms with Crippen molar-refractivity contribution in [1.29, 1.82) is 5.26 Å². The van der Waals surface area contributed by atoms with Gasteiger partial charge in [-0.3, -0.25) is 4.79 Å². The molecule has 0 bridgehead atoms. The number of allylic oxidation sites excluding steroid dienone is 1. The summed E-state index contributed by atoms with van der Waals surface area (Å²) in [6.07, 6.45) is 1.05. The maximum absolute atomic E-state index is 14.2. The van der Waals surface area contributed by atoms with E-state index in [1.807, 2.05) is 26.0 Å². The lowest BCUT2D eigenvalue weighted by molar-refractivity contribution is -0.166. The van der Waals surface area contributed by atoms with E-state index in [0.717, 1.165) is 0 Å². The van der Waals surface area contributed by atoms with Gasteiger partial charge in [0.15, 0.2) is 11.6 Å². The molecule has 0 radical (unpaired) electrons. The van der Waals surface area contributed by atoms with Crippen molar-refractivity contribution in [2.45, 2.75) is 26.4 Å². The lowest BCUT2D eigenvalue weighted by Gasteiger charge is -2.49. The summed E-state index contributed by atoms with van der Waals surface area (Å²) < 4.78 is 25.4. The van der Waals surface area contributed by atoms with Crippen LogP contribution in [0.5, 0.6) is 11.5 Å². The van der Waals surface area contributed by atoms with Gasteiger partial charge in [-0.2, -0.15) is 5.26 Å². The van der Waals surface area contributed by atoms with Gasteiger partial charge in [-0.1, -0.05) is 67.4 Å². The standard InChI is InChI=1S/C23H20Cl2FNO3/c1-23(2)15(12-21(24)25)11-17(23)22(28)30-20(13-27)14-8-9-18(26)19(10-14)29-16-6-4-3-5-7-16/h3-10,12,15,17,20H,11H2,1-2H3. The molecule has 30 heavy (non-hydrogen) atoms. The third kappa shape index (κ3) is 4.77. The topological polar surface area (TPSA) is 59.3 Å². The van der Waals surface area contributed by atoms with Gasteiger partial charge in [-0.25, -0.2) is 4.39 Å². The fourth-order valence-corrected chi connectivity index (χ4v) is 3.84. The summed E-state index contributed by atoms with van der Waals surface area (Å²) in [6.45, 7) is 3.84. The lowest BCUT2D eigenvalue weighted by atomic mass is 9.55. The number of para-hydroxylation sites is 1. The molecule has 1 fully saturated rings. The first-order valence-corrected chi connectivity index (χ1v) is 10.1. The minimum Gasteiger partial charge on any atom is -0.454 e. The monoisotopic (exact) mass is 447 g/mol. The minimum atomic E-state index is -1.18. The van der Waals surface area contributed by atoms with Crippen molar-refractivity contribution in [2.75, 3.05) is 0 Å². The molecule has 3 rings (SSSR count). The summed E-state index contributed by atoms with van der Waals surface area (Å²) >= 11 is 11.5. The predicted octanol–water partition coefficient (Wildman–Crippen LogP) is 6.71. The summed E-state index contributed by atoms with van der Waals surface area (Å²) in [7, 11) is 0. The first-order chi connectivity index (χ1) is 14.2. The van der Waals surface area contributed by atoms with Gasteiger partial charge in [0.25, 0.3) is 0 Å². The number of benzene rings is 2. The molecule has 2 aromatic rings. The van der Waals surface area contributed by atoms with Gasteiger partial charge in [0.2, 0.25) is 6.10 Å². The normalized spacial score (nSPS) is 20.3. The second kappa shape index (κ2) is 9.07. The van der Waals surface area contributed by atoms with Gasteiger partial charge in [0.05, 0.1) is 5.92 Å². The number of halogens is 3. The van der Waals surface area contributed by atoms with Crippen molar-refractivity contribution in [2.24, 2.45) is 17.3 Å². The molecule has 2 aromatic carbocycles. The number of carbonyl (C=O) groups is 1. The van der Waals surface area contributed by atoms with Crippen molar-refractivity contribution >= 4 is 29.2 Å². The molecule has 1 aliphatic rings. The van der Waals surface area contributed by atoms with Crippen molar-refractivity contribution in [3.05, 3.63) is 70.5 Å². The molecule has 0 aliphatic heterocycles. The third-order valence-corrected chi connectivity index (χ3v) is 5.79. The van der Waals surface area contributed by atoms with Crippen molar-refractivity contribution < 1.29 is 18.7 Å². The Bertz CT molecular complexity index is 997. The van der Waals surface area contributed by atoms with E-state index in [4.69, 9.17) is 32.7 Å². The Morgan fingerprint density at radius 1 is 1.27 bits per heavy atom. The van der Waals surface area contributed by atoms with Gasteiger partial charge in [0, 0.05) is 5.56 Å². The third-order valence-electron chi connectivity index (χ3n) is 5.54. The Hall–Kier alpha value is -2.55. The van der Waals surface area contributed by atoms with E-state index < -0.39 is 29.2 Å². The molecular weight excluding hydrogens is 428 g/mol. The molecule has 7 heteroatoms. The smallest absolute Gasteiger partial charge is 0.311 e.